The summed E-state index contributed by atoms with van der Waals surface area (Å²) in [6, 6.07) is 9.51. The van der Waals surface area contributed by atoms with Crippen LogP contribution in [0.25, 0.3) is 10.9 Å². The molecule has 0 spiro atoms. The average Bonchev–Trinajstić information content (AvgIpc) is 3.00. The lowest BCUT2D eigenvalue weighted by Gasteiger charge is -2.14. The molecule has 0 aliphatic rings. The third-order valence-corrected chi connectivity index (χ3v) is 4.99. The zero-order chi connectivity index (χ0) is 20.3. The van der Waals surface area contributed by atoms with Gasteiger partial charge in [0.05, 0.1) is 21.3 Å². The standard InChI is InChI=1S/C22H26N2O4/c1-13-14(2)24-18-7-6-16(12-17(13)18)22(25)23-9-8-15-10-19(26-3)21(28-5)20(11-15)27-4/h6-7,10-12,24H,8-9H2,1-5H3,(H,23,25). The Kier molecular flexibility index (Phi) is 5.78. The number of hydrogen-bond donors (Lipinski definition) is 2. The Morgan fingerprint density at radius 2 is 1.68 bits per heavy atom. The topological polar surface area (TPSA) is 72.6 Å². The van der Waals surface area contributed by atoms with E-state index < -0.39 is 0 Å². The van der Waals surface area contributed by atoms with Gasteiger partial charge in [0.2, 0.25) is 5.75 Å². The van der Waals surface area contributed by atoms with Crippen LogP contribution in [0.15, 0.2) is 30.3 Å². The van der Waals surface area contributed by atoms with Crippen molar-refractivity contribution in [1.29, 1.82) is 0 Å². The second-order valence-corrected chi connectivity index (χ2v) is 6.67. The van der Waals surface area contributed by atoms with E-state index in [9.17, 15) is 4.79 Å². The molecule has 0 saturated carbocycles. The van der Waals surface area contributed by atoms with E-state index in [1.165, 1.54) is 5.56 Å². The van der Waals surface area contributed by atoms with Gasteiger partial charge in [-0.1, -0.05) is 0 Å². The normalized spacial score (nSPS) is 10.8. The molecule has 28 heavy (non-hydrogen) atoms. The molecule has 2 N–H and O–H groups in total. The van der Waals surface area contributed by atoms with E-state index in [2.05, 4.69) is 17.2 Å². The van der Waals surface area contributed by atoms with Crippen molar-refractivity contribution in [2.45, 2.75) is 20.3 Å². The highest BCUT2D eigenvalue weighted by Gasteiger charge is 2.14. The molecule has 3 rings (SSSR count). The first kappa shape index (κ1) is 19.6. The SMILES string of the molecule is COc1cc(CCNC(=O)c2ccc3[nH]c(C)c(C)c3c2)cc(OC)c1OC. The van der Waals surface area contributed by atoms with Gasteiger partial charge < -0.3 is 24.5 Å². The van der Waals surface area contributed by atoms with E-state index >= 15 is 0 Å². The lowest BCUT2D eigenvalue weighted by Crippen LogP contribution is -2.25. The second kappa shape index (κ2) is 8.25. The number of aromatic nitrogens is 1. The van der Waals surface area contributed by atoms with Crippen LogP contribution in [0, 0.1) is 13.8 Å². The molecule has 0 aliphatic carbocycles. The number of methoxy groups -OCH3 is 3. The maximum Gasteiger partial charge on any atom is 0.251 e. The van der Waals surface area contributed by atoms with E-state index in [0.29, 0.717) is 35.8 Å². The van der Waals surface area contributed by atoms with Crippen molar-refractivity contribution < 1.29 is 19.0 Å². The van der Waals surface area contributed by atoms with Gasteiger partial charge in [0, 0.05) is 28.7 Å². The second-order valence-electron chi connectivity index (χ2n) is 6.67. The number of aromatic amines is 1. The van der Waals surface area contributed by atoms with Gasteiger partial charge in [0.1, 0.15) is 0 Å². The van der Waals surface area contributed by atoms with Gasteiger partial charge in [-0.05, 0) is 61.7 Å². The third-order valence-electron chi connectivity index (χ3n) is 4.99. The molecule has 0 atom stereocenters. The van der Waals surface area contributed by atoms with Crippen molar-refractivity contribution in [1.82, 2.24) is 10.3 Å². The molecule has 6 heteroatoms. The largest absolute Gasteiger partial charge is 0.493 e. The highest BCUT2D eigenvalue weighted by atomic mass is 16.5. The van der Waals surface area contributed by atoms with Crippen LogP contribution in [0.5, 0.6) is 17.2 Å². The summed E-state index contributed by atoms with van der Waals surface area (Å²) in [5.41, 5.74) is 4.97. The van der Waals surface area contributed by atoms with Gasteiger partial charge in [-0.15, -0.1) is 0 Å². The molecule has 0 bridgehead atoms. The van der Waals surface area contributed by atoms with Crippen molar-refractivity contribution in [2.24, 2.45) is 0 Å². The smallest absolute Gasteiger partial charge is 0.251 e. The molecule has 1 amide bonds. The van der Waals surface area contributed by atoms with E-state index in [0.717, 1.165) is 22.2 Å². The Morgan fingerprint density at radius 1 is 1.00 bits per heavy atom. The minimum atomic E-state index is -0.0902. The minimum Gasteiger partial charge on any atom is -0.493 e. The average molecular weight is 382 g/mol. The Hall–Kier alpha value is -3.15. The monoisotopic (exact) mass is 382 g/mol. The summed E-state index contributed by atoms with van der Waals surface area (Å²) in [7, 11) is 4.75. The van der Waals surface area contributed by atoms with Gasteiger partial charge in [0.15, 0.2) is 11.5 Å². The van der Waals surface area contributed by atoms with Crippen LogP contribution in [-0.2, 0) is 6.42 Å². The van der Waals surface area contributed by atoms with E-state index in [-0.39, 0.29) is 5.91 Å². The highest BCUT2D eigenvalue weighted by molar-refractivity contribution is 5.99. The Bertz CT molecular complexity index is 982. The van der Waals surface area contributed by atoms with Crippen LogP contribution in [0.1, 0.15) is 27.2 Å². The van der Waals surface area contributed by atoms with Crippen molar-refractivity contribution >= 4 is 16.8 Å². The maximum atomic E-state index is 12.6. The minimum absolute atomic E-state index is 0.0902. The van der Waals surface area contributed by atoms with E-state index in [1.54, 1.807) is 21.3 Å². The van der Waals surface area contributed by atoms with Gasteiger partial charge in [0.25, 0.3) is 5.91 Å². The number of amides is 1. The van der Waals surface area contributed by atoms with Crippen LogP contribution < -0.4 is 19.5 Å². The van der Waals surface area contributed by atoms with E-state index in [1.807, 2.05) is 37.3 Å². The molecule has 1 aromatic heterocycles. The quantitative estimate of drug-likeness (QED) is 0.652. The molecular weight excluding hydrogens is 356 g/mol. The predicted molar refractivity (Wildman–Crippen MR) is 110 cm³/mol. The first-order valence-corrected chi connectivity index (χ1v) is 9.14. The number of rotatable bonds is 7. The molecule has 2 aromatic carbocycles. The number of ether oxygens (including phenoxy) is 3. The number of carbonyl (C=O) groups excluding carboxylic acids is 1. The molecule has 0 aliphatic heterocycles. The lowest BCUT2D eigenvalue weighted by molar-refractivity contribution is 0.0954. The first-order valence-electron chi connectivity index (χ1n) is 9.14. The summed E-state index contributed by atoms with van der Waals surface area (Å²) >= 11 is 0. The molecule has 0 saturated heterocycles. The van der Waals surface area contributed by atoms with Crippen LogP contribution in [0.4, 0.5) is 0 Å². The van der Waals surface area contributed by atoms with Crippen molar-refractivity contribution in [3.8, 4) is 17.2 Å². The Morgan fingerprint density at radius 3 is 2.29 bits per heavy atom. The molecular formula is C22H26N2O4. The Balaban J connectivity index is 1.69. The first-order chi connectivity index (χ1) is 13.5. The van der Waals surface area contributed by atoms with Crippen LogP contribution in [0.2, 0.25) is 0 Å². The molecule has 6 nitrogen and oxygen atoms in total. The van der Waals surface area contributed by atoms with Crippen LogP contribution >= 0.6 is 0 Å². The summed E-state index contributed by atoms with van der Waals surface area (Å²) in [5.74, 6) is 1.68. The molecule has 148 valence electrons. The summed E-state index contributed by atoms with van der Waals surface area (Å²) in [6.07, 6.45) is 0.646. The zero-order valence-corrected chi connectivity index (χ0v) is 16.9. The summed E-state index contributed by atoms with van der Waals surface area (Å²) < 4.78 is 16.1. The highest BCUT2D eigenvalue weighted by Crippen LogP contribution is 2.38. The fraction of sp³-hybridized carbons (Fsp3) is 0.318. The number of carbonyl (C=O) groups is 1. The van der Waals surface area contributed by atoms with Crippen molar-refractivity contribution in [3.63, 3.8) is 0 Å². The fourth-order valence-corrected chi connectivity index (χ4v) is 3.30. The lowest BCUT2D eigenvalue weighted by atomic mass is 10.1. The number of fused-ring (bicyclic) bond motifs is 1. The van der Waals surface area contributed by atoms with Gasteiger partial charge in [-0.2, -0.15) is 0 Å². The molecule has 0 unspecified atom stereocenters. The number of benzene rings is 2. The summed E-state index contributed by atoms with van der Waals surface area (Å²) in [6.45, 7) is 4.59. The van der Waals surface area contributed by atoms with Crippen LogP contribution in [-0.4, -0.2) is 38.8 Å². The Labute approximate surface area is 164 Å². The predicted octanol–water partition coefficient (Wildman–Crippen LogP) is 3.78. The number of nitrogens with one attached hydrogen (secondary N) is 2. The fourth-order valence-electron chi connectivity index (χ4n) is 3.30. The molecule has 3 aromatic rings. The number of H-pyrrole nitrogens is 1. The summed E-state index contributed by atoms with van der Waals surface area (Å²) in [5, 5.41) is 4.06. The van der Waals surface area contributed by atoms with E-state index in [4.69, 9.17) is 14.2 Å². The molecule has 0 radical (unpaired) electrons. The maximum absolute atomic E-state index is 12.6. The van der Waals surface area contributed by atoms with Gasteiger partial charge in [-0.3, -0.25) is 4.79 Å². The van der Waals surface area contributed by atoms with Crippen LogP contribution in [0.3, 0.4) is 0 Å². The van der Waals surface area contributed by atoms with Crippen molar-refractivity contribution in [2.75, 3.05) is 27.9 Å². The zero-order valence-electron chi connectivity index (χ0n) is 16.9. The van der Waals surface area contributed by atoms with Crippen molar-refractivity contribution in [3.05, 3.63) is 52.7 Å². The van der Waals surface area contributed by atoms with Gasteiger partial charge in [-0.25, -0.2) is 0 Å². The number of hydrogen-bond acceptors (Lipinski definition) is 4. The molecule has 1 heterocycles. The molecule has 0 fully saturated rings. The number of aryl methyl sites for hydroxylation is 2. The van der Waals surface area contributed by atoms with Gasteiger partial charge >= 0.3 is 0 Å². The summed E-state index contributed by atoms with van der Waals surface area (Å²) in [4.78, 5) is 15.9. The third kappa shape index (κ3) is 3.76.